The quantitative estimate of drug-likeness (QED) is 0.230. The first-order chi connectivity index (χ1) is 16.3. The van der Waals surface area contributed by atoms with E-state index in [1.165, 1.54) is 0 Å². The molecule has 0 aliphatic rings. The van der Waals surface area contributed by atoms with Crippen molar-refractivity contribution in [2.75, 3.05) is 13.2 Å². The van der Waals surface area contributed by atoms with Gasteiger partial charge in [0.05, 0.1) is 19.6 Å². The Morgan fingerprint density at radius 2 is 1.65 bits per heavy atom. The zero-order chi connectivity index (χ0) is 24.6. The van der Waals surface area contributed by atoms with Gasteiger partial charge >= 0.3 is 11.9 Å². The maximum absolute atomic E-state index is 11.9. The third-order valence-electron chi connectivity index (χ3n) is 4.67. The molecule has 0 aliphatic carbocycles. The van der Waals surface area contributed by atoms with E-state index in [-0.39, 0.29) is 37.4 Å². The minimum Gasteiger partial charge on any atom is -0.466 e. The van der Waals surface area contributed by atoms with Crippen LogP contribution in [0.3, 0.4) is 0 Å². The minimum atomic E-state index is -0.466. The van der Waals surface area contributed by atoms with Gasteiger partial charge in [0.1, 0.15) is 0 Å². The van der Waals surface area contributed by atoms with Crippen molar-refractivity contribution in [3.63, 3.8) is 0 Å². The summed E-state index contributed by atoms with van der Waals surface area (Å²) in [6, 6.07) is 7.43. The molecule has 34 heavy (non-hydrogen) atoms. The van der Waals surface area contributed by atoms with Crippen molar-refractivity contribution >= 4 is 11.9 Å². The Bertz CT molecular complexity index is 1130. The first-order valence-electron chi connectivity index (χ1n) is 11.0. The third kappa shape index (κ3) is 7.09. The second-order valence-corrected chi connectivity index (χ2v) is 8.56. The van der Waals surface area contributed by atoms with E-state index in [1.807, 2.05) is 45.0 Å². The lowest BCUT2D eigenvalue weighted by molar-refractivity contribution is -0.144. The number of hydrogen-bond acceptors (Lipinski definition) is 10. The molecule has 0 bridgehead atoms. The van der Waals surface area contributed by atoms with Crippen molar-refractivity contribution in [3.05, 3.63) is 48.7 Å². The molecule has 10 nitrogen and oxygen atoms in total. The standard InChI is InChI=1S/C24H28N4O6/c1-5-19(29)31-13-6-7-14-32-20(30)12-11-18-25-21(27-33-18)16-9-8-10-17(15-16)22-26-23(34-28-22)24(2,3)4/h5,8-10,15H,1,6-7,11-14H2,2-4H3. The molecule has 0 aliphatic heterocycles. The number of hydrogen-bond donors (Lipinski definition) is 0. The van der Waals surface area contributed by atoms with Gasteiger partial charge in [0.25, 0.3) is 0 Å². The van der Waals surface area contributed by atoms with Gasteiger partial charge in [-0.25, -0.2) is 4.79 Å². The number of ether oxygens (including phenoxy) is 2. The van der Waals surface area contributed by atoms with Gasteiger partial charge in [-0.15, -0.1) is 0 Å². The van der Waals surface area contributed by atoms with Crippen LogP contribution in [0.25, 0.3) is 22.8 Å². The summed E-state index contributed by atoms with van der Waals surface area (Å²) in [5.41, 5.74) is 1.26. The van der Waals surface area contributed by atoms with E-state index in [0.29, 0.717) is 36.3 Å². The first kappa shape index (κ1) is 24.8. The average molecular weight is 469 g/mol. The summed E-state index contributed by atoms with van der Waals surface area (Å²) in [6.07, 6.45) is 2.68. The van der Waals surface area contributed by atoms with Gasteiger partial charge in [-0.2, -0.15) is 9.97 Å². The van der Waals surface area contributed by atoms with Crippen LogP contribution in [0.5, 0.6) is 0 Å². The second kappa shape index (κ2) is 11.4. The van der Waals surface area contributed by atoms with E-state index >= 15 is 0 Å². The molecule has 2 heterocycles. The Balaban J connectivity index is 1.48. The molecule has 180 valence electrons. The lowest BCUT2D eigenvalue weighted by atomic mass is 9.97. The summed E-state index contributed by atoms with van der Waals surface area (Å²) in [5, 5.41) is 8.08. The highest BCUT2D eigenvalue weighted by Crippen LogP contribution is 2.26. The molecule has 3 rings (SSSR count). The number of esters is 2. The summed E-state index contributed by atoms with van der Waals surface area (Å²) in [7, 11) is 0. The smallest absolute Gasteiger partial charge is 0.330 e. The van der Waals surface area contributed by atoms with Crippen LogP contribution in [0.2, 0.25) is 0 Å². The van der Waals surface area contributed by atoms with Crippen LogP contribution in [0.15, 0.2) is 46.0 Å². The highest BCUT2D eigenvalue weighted by atomic mass is 16.5. The highest BCUT2D eigenvalue weighted by Gasteiger charge is 2.22. The lowest BCUT2D eigenvalue weighted by Crippen LogP contribution is -2.11. The monoisotopic (exact) mass is 468 g/mol. The van der Waals surface area contributed by atoms with E-state index in [1.54, 1.807) is 0 Å². The van der Waals surface area contributed by atoms with Crippen molar-refractivity contribution in [1.82, 2.24) is 20.3 Å². The summed E-state index contributed by atoms with van der Waals surface area (Å²) >= 11 is 0. The third-order valence-corrected chi connectivity index (χ3v) is 4.67. The Morgan fingerprint density at radius 3 is 2.29 bits per heavy atom. The first-order valence-corrected chi connectivity index (χ1v) is 11.0. The normalized spacial score (nSPS) is 11.3. The van der Waals surface area contributed by atoms with Gasteiger partial charge < -0.3 is 18.5 Å². The fourth-order valence-electron chi connectivity index (χ4n) is 2.82. The number of benzene rings is 1. The number of carbonyl (C=O) groups is 2. The van der Waals surface area contributed by atoms with E-state index in [0.717, 1.165) is 17.2 Å². The molecule has 0 N–H and O–H groups in total. The Labute approximate surface area is 197 Å². The van der Waals surface area contributed by atoms with Crippen molar-refractivity contribution in [2.45, 2.75) is 51.9 Å². The molecule has 3 aromatic rings. The van der Waals surface area contributed by atoms with Gasteiger partial charge in [0.2, 0.25) is 23.4 Å². The molecule has 0 amide bonds. The van der Waals surface area contributed by atoms with E-state index in [2.05, 4.69) is 26.9 Å². The zero-order valence-electron chi connectivity index (χ0n) is 19.6. The van der Waals surface area contributed by atoms with Crippen molar-refractivity contribution < 1.29 is 28.1 Å². The van der Waals surface area contributed by atoms with Crippen LogP contribution in [0, 0.1) is 0 Å². The molecule has 10 heteroatoms. The maximum Gasteiger partial charge on any atom is 0.330 e. The van der Waals surface area contributed by atoms with Crippen LogP contribution in [-0.4, -0.2) is 45.4 Å². The topological polar surface area (TPSA) is 130 Å². The second-order valence-electron chi connectivity index (χ2n) is 8.56. The molecule has 0 saturated heterocycles. The number of nitrogens with zero attached hydrogens (tertiary/aromatic N) is 4. The molecule has 1 aromatic carbocycles. The van der Waals surface area contributed by atoms with E-state index in [4.69, 9.17) is 18.5 Å². The van der Waals surface area contributed by atoms with Crippen LogP contribution >= 0.6 is 0 Å². The van der Waals surface area contributed by atoms with Crippen molar-refractivity contribution in [2.24, 2.45) is 0 Å². The highest BCUT2D eigenvalue weighted by molar-refractivity contribution is 5.81. The maximum atomic E-state index is 11.9. The predicted octanol–water partition coefficient (Wildman–Crippen LogP) is 4.07. The fraction of sp³-hybridized carbons (Fsp3) is 0.417. The van der Waals surface area contributed by atoms with Crippen LogP contribution in [-0.2, 0) is 30.9 Å². The Hall–Kier alpha value is -3.82. The lowest BCUT2D eigenvalue weighted by Gasteiger charge is -2.10. The number of unbranched alkanes of at least 4 members (excludes halogenated alkanes) is 1. The predicted molar refractivity (Wildman–Crippen MR) is 121 cm³/mol. The van der Waals surface area contributed by atoms with Gasteiger partial charge in [-0.1, -0.05) is 55.9 Å². The molecule has 0 atom stereocenters. The number of carbonyl (C=O) groups excluding carboxylic acids is 2. The van der Waals surface area contributed by atoms with Crippen molar-refractivity contribution in [1.29, 1.82) is 0 Å². The molecule has 0 radical (unpaired) electrons. The molecule has 0 spiro atoms. The Morgan fingerprint density at radius 1 is 1.00 bits per heavy atom. The number of rotatable bonds is 11. The van der Waals surface area contributed by atoms with Gasteiger partial charge in [-0.05, 0) is 18.9 Å². The number of aromatic nitrogens is 4. The SMILES string of the molecule is C=CC(=O)OCCCCOC(=O)CCc1nc(-c2cccc(-c3noc(C(C)(C)C)n3)c2)no1. The molecule has 0 fully saturated rings. The van der Waals surface area contributed by atoms with Gasteiger partial charge in [0.15, 0.2) is 0 Å². The Kier molecular flexibility index (Phi) is 8.29. The molecule has 0 unspecified atom stereocenters. The van der Waals surface area contributed by atoms with Crippen LogP contribution in [0.1, 0.15) is 51.8 Å². The summed E-state index contributed by atoms with van der Waals surface area (Å²) in [5.74, 6) is 0.945. The summed E-state index contributed by atoms with van der Waals surface area (Å²) in [6.45, 7) is 9.83. The zero-order valence-corrected chi connectivity index (χ0v) is 19.6. The molecule has 2 aromatic heterocycles. The van der Waals surface area contributed by atoms with Crippen molar-refractivity contribution in [3.8, 4) is 22.8 Å². The molecular weight excluding hydrogens is 440 g/mol. The van der Waals surface area contributed by atoms with E-state index in [9.17, 15) is 9.59 Å². The van der Waals surface area contributed by atoms with Gasteiger partial charge in [-0.3, -0.25) is 4.79 Å². The average Bonchev–Trinajstić information content (AvgIpc) is 3.50. The van der Waals surface area contributed by atoms with Gasteiger partial charge in [0, 0.05) is 29.0 Å². The summed E-state index contributed by atoms with van der Waals surface area (Å²) < 4.78 is 20.7. The van der Waals surface area contributed by atoms with Crippen LogP contribution < -0.4 is 0 Å². The summed E-state index contributed by atoms with van der Waals surface area (Å²) in [4.78, 5) is 31.7. The molecular formula is C24H28N4O6. The fourth-order valence-corrected chi connectivity index (χ4v) is 2.82. The largest absolute Gasteiger partial charge is 0.466 e. The number of aryl methyl sites for hydroxylation is 1. The van der Waals surface area contributed by atoms with E-state index < -0.39 is 5.97 Å². The minimum absolute atomic E-state index is 0.117. The van der Waals surface area contributed by atoms with Crippen LogP contribution in [0.4, 0.5) is 0 Å². The molecule has 0 saturated carbocycles.